The molecule has 0 spiro atoms. The predicted octanol–water partition coefficient (Wildman–Crippen LogP) is 3.59. The number of amides is 1. The smallest absolute Gasteiger partial charge is 0.263 e. The van der Waals surface area contributed by atoms with E-state index in [1.807, 2.05) is 26.1 Å². The number of nitrogens with zero attached hydrogens (tertiary/aromatic N) is 2. The highest BCUT2D eigenvalue weighted by atomic mass is 32.1. The lowest BCUT2D eigenvalue weighted by molar-refractivity contribution is 0.0956. The Labute approximate surface area is 181 Å². The SMILES string of the molecule is CNc1c(C(=O)NCC(C)c2ccc(N3CCNCC3)cc2)sc2nc(C)ccc12. The number of fused-ring (bicyclic) bond motifs is 1. The van der Waals surface area contributed by atoms with E-state index in [1.54, 1.807) is 0 Å². The zero-order valence-electron chi connectivity index (χ0n) is 17.8. The molecule has 7 heteroatoms. The van der Waals surface area contributed by atoms with Crippen LogP contribution < -0.4 is 20.9 Å². The normalized spacial score (nSPS) is 15.2. The molecule has 3 N–H and O–H groups in total. The van der Waals surface area contributed by atoms with E-state index in [1.165, 1.54) is 22.6 Å². The molecule has 0 aliphatic carbocycles. The second-order valence-electron chi connectivity index (χ2n) is 7.80. The van der Waals surface area contributed by atoms with Crippen molar-refractivity contribution in [1.29, 1.82) is 0 Å². The number of benzene rings is 1. The average Bonchev–Trinajstić information content (AvgIpc) is 3.15. The number of aryl methyl sites for hydroxylation is 1. The third kappa shape index (κ3) is 4.27. The molecule has 0 saturated carbocycles. The number of thiophene rings is 1. The van der Waals surface area contributed by atoms with Crippen LogP contribution in [0.4, 0.5) is 11.4 Å². The van der Waals surface area contributed by atoms with Gasteiger partial charge in [-0.15, -0.1) is 11.3 Å². The van der Waals surface area contributed by atoms with E-state index in [9.17, 15) is 4.79 Å². The highest BCUT2D eigenvalue weighted by Gasteiger charge is 2.19. The number of carbonyl (C=O) groups is 1. The Bertz CT molecular complexity index is 1020. The molecule has 0 bridgehead atoms. The maximum atomic E-state index is 12.9. The lowest BCUT2D eigenvalue weighted by Gasteiger charge is -2.29. The van der Waals surface area contributed by atoms with Gasteiger partial charge < -0.3 is 20.9 Å². The molecule has 1 fully saturated rings. The van der Waals surface area contributed by atoms with Gasteiger partial charge in [0.05, 0.1) is 5.69 Å². The number of pyridine rings is 1. The minimum atomic E-state index is -0.0516. The van der Waals surface area contributed by atoms with Crippen molar-refractivity contribution in [2.45, 2.75) is 19.8 Å². The number of rotatable bonds is 6. The molecule has 1 aliphatic heterocycles. The lowest BCUT2D eigenvalue weighted by Crippen LogP contribution is -2.43. The molecule has 30 heavy (non-hydrogen) atoms. The summed E-state index contributed by atoms with van der Waals surface area (Å²) in [6, 6.07) is 12.7. The van der Waals surface area contributed by atoms with Crippen LogP contribution >= 0.6 is 11.3 Å². The van der Waals surface area contributed by atoms with Crippen molar-refractivity contribution < 1.29 is 4.79 Å². The largest absolute Gasteiger partial charge is 0.386 e. The quantitative estimate of drug-likeness (QED) is 0.565. The summed E-state index contributed by atoms with van der Waals surface area (Å²) in [7, 11) is 1.85. The molecule has 3 aromatic rings. The third-order valence-electron chi connectivity index (χ3n) is 5.66. The van der Waals surface area contributed by atoms with Crippen LogP contribution in [0.15, 0.2) is 36.4 Å². The summed E-state index contributed by atoms with van der Waals surface area (Å²) in [5.74, 6) is 0.183. The fourth-order valence-corrected chi connectivity index (χ4v) is 5.00. The molecular weight excluding hydrogens is 394 g/mol. The molecule has 2 aromatic heterocycles. The standard InChI is InChI=1S/C23H29N5OS/c1-15(17-5-7-18(8-6-17)28-12-10-25-11-13-28)14-26-22(29)21-20(24-3)19-9-4-16(2)27-23(19)30-21/h4-9,15,24-25H,10-14H2,1-3H3,(H,26,29). The van der Waals surface area contributed by atoms with Gasteiger partial charge in [0.25, 0.3) is 5.91 Å². The Morgan fingerprint density at radius 2 is 1.93 bits per heavy atom. The average molecular weight is 424 g/mol. The molecule has 1 unspecified atom stereocenters. The van der Waals surface area contributed by atoms with Crippen molar-refractivity contribution in [3.8, 4) is 0 Å². The molecule has 158 valence electrons. The molecule has 1 saturated heterocycles. The van der Waals surface area contributed by atoms with Gasteiger partial charge in [-0.2, -0.15) is 0 Å². The van der Waals surface area contributed by atoms with Crippen LogP contribution in [0, 0.1) is 6.92 Å². The molecule has 1 aromatic carbocycles. The van der Waals surface area contributed by atoms with Crippen molar-refractivity contribution >= 4 is 38.8 Å². The first-order valence-corrected chi connectivity index (χ1v) is 11.3. The maximum absolute atomic E-state index is 12.9. The van der Waals surface area contributed by atoms with Gasteiger partial charge in [0.15, 0.2) is 0 Å². The van der Waals surface area contributed by atoms with Crippen LogP contribution in [0.5, 0.6) is 0 Å². The van der Waals surface area contributed by atoms with Crippen molar-refractivity contribution in [3.63, 3.8) is 0 Å². The molecule has 1 atom stereocenters. The van der Waals surface area contributed by atoms with E-state index >= 15 is 0 Å². The van der Waals surface area contributed by atoms with E-state index in [2.05, 4.69) is 57.0 Å². The monoisotopic (exact) mass is 423 g/mol. The number of piperazine rings is 1. The lowest BCUT2D eigenvalue weighted by atomic mass is 10.0. The molecule has 1 aliphatic rings. The Hall–Kier alpha value is -2.64. The van der Waals surface area contributed by atoms with Gasteiger partial charge in [-0.3, -0.25) is 4.79 Å². The van der Waals surface area contributed by atoms with Gasteiger partial charge in [0.2, 0.25) is 0 Å². The summed E-state index contributed by atoms with van der Waals surface area (Å²) in [6.45, 7) is 8.86. The molecule has 6 nitrogen and oxygen atoms in total. The number of hydrogen-bond donors (Lipinski definition) is 3. The van der Waals surface area contributed by atoms with Crippen LogP contribution in [-0.4, -0.2) is 50.7 Å². The summed E-state index contributed by atoms with van der Waals surface area (Å²) < 4.78 is 0. The van der Waals surface area contributed by atoms with E-state index in [4.69, 9.17) is 0 Å². The third-order valence-corrected chi connectivity index (χ3v) is 6.76. The molecule has 3 heterocycles. The fraction of sp³-hybridized carbons (Fsp3) is 0.391. The van der Waals surface area contributed by atoms with Crippen LogP contribution in [0.3, 0.4) is 0 Å². The van der Waals surface area contributed by atoms with Gasteiger partial charge >= 0.3 is 0 Å². The number of anilines is 2. The van der Waals surface area contributed by atoms with E-state index in [0.29, 0.717) is 11.4 Å². The van der Waals surface area contributed by atoms with Gasteiger partial charge in [0.1, 0.15) is 9.71 Å². The van der Waals surface area contributed by atoms with Gasteiger partial charge in [-0.1, -0.05) is 19.1 Å². The first kappa shape index (κ1) is 20.6. The minimum Gasteiger partial charge on any atom is -0.386 e. The van der Waals surface area contributed by atoms with Gasteiger partial charge in [-0.05, 0) is 42.7 Å². The predicted molar refractivity (Wildman–Crippen MR) is 126 cm³/mol. The highest BCUT2D eigenvalue weighted by molar-refractivity contribution is 7.21. The molecular formula is C23H29N5OS. The minimum absolute atomic E-state index is 0.0516. The van der Waals surface area contributed by atoms with E-state index in [0.717, 1.165) is 47.8 Å². The highest BCUT2D eigenvalue weighted by Crippen LogP contribution is 2.34. The number of aromatic nitrogens is 1. The maximum Gasteiger partial charge on any atom is 0.263 e. The summed E-state index contributed by atoms with van der Waals surface area (Å²) in [5, 5.41) is 10.7. The Balaban J connectivity index is 1.41. The molecule has 4 rings (SSSR count). The van der Waals surface area contributed by atoms with E-state index < -0.39 is 0 Å². The van der Waals surface area contributed by atoms with Crippen LogP contribution in [0.2, 0.25) is 0 Å². The molecule has 0 radical (unpaired) electrons. The van der Waals surface area contributed by atoms with Crippen molar-refractivity contribution in [3.05, 3.63) is 52.5 Å². The molecule has 1 amide bonds. The first-order valence-electron chi connectivity index (χ1n) is 10.5. The van der Waals surface area contributed by atoms with Crippen molar-refractivity contribution in [2.75, 3.05) is 50.0 Å². The van der Waals surface area contributed by atoms with Crippen molar-refractivity contribution in [2.24, 2.45) is 0 Å². The van der Waals surface area contributed by atoms with Crippen LogP contribution in [0.25, 0.3) is 10.2 Å². The summed E-state index contributed by atoms with van der Waals surface area (Å²) in [4.78, 5) is 21.4. The van der Waals surface area contributed by atoms with E-state index in [-0.39, 0.29) is 11.8 Å². The number of hydrogen-bond acceptors (Lipinski definition) is 6. The van der Waals surface area contributed by atoms with Gasteiger partial charge in [-0.25, -0.2) is 4.98 Å². The summed E-state index contributed by atoms with van der Waals surface area (Å²) in [5.41, 5.74) is 4.31. The Morgan fingerprint density at radius 1 is 1.20 bits per heavy atom. The first-order chi connectivity index (χ1) is 14.6. The van der Waals surface area contributed by atoms with Crippen LogP contribution in [-0.2, 0) is 0 Å². The van der Waals surface area contributed by atoms with Crippen molar-refractivity contribution in [1.82, 2.24) is 15.6 Å². The summed E-state index contributed by atoms with van der Waals surface area (Å²) in [6.07, 6.45) is 0. The Kier molecular flexibility index (Phi) is 6.20. The zero-order valence-corrected chi connectivity index (χ0v) is 18.6. The zero-order chi connectivity index (χ0) is 21.1. The Morgan fingerprint density at radius 3 is 2.63 bits per heavy atom. The number of nitrogens with one attached hydrogen (secondary N) is 3. The van der Waals surface area contributed by atoms with Gasteiger partial charge in [0, 0.05) is 56.5 Å². The topological polar surface area (TPSA) is 69.3 Å². The second-order valence-corrected chi connectivity index (χ2v) is 8.80. The fourth-order valence-electron chi connectivity index (χ4n) is 3.86. The van der Waals surface area contributed by atoms with Crippen LogP contribution in [0.1, 0.15) is 33.8 Å². The summed E-state index contributed by atoms with van der Waals surface area (Å²) >= 11 is 1.44. The number of carbonyl (C=O) groups excluding carboxylic acids is 1. The second kappa shape index (κ2) is 9.02.